The smallest absolute Gasteiger partial charge is 0.128 e. The van der Waals surface area contributed by atoms with Crippen molar-refractivity contribution in [1.29, 1.82) is 0 Å². The van der Waals surface area contributed by atoms with E-state index in [4.69, 9.17) is 0 Å². The number of hydrogen-bond acceptors (Lipinski definition) is 3. The number of rotatable bonds is 5. The van der Waals surface area contributed by atoms with E-state index in [9.17, 15) is 5.11 Å². The quantitative estimate of drug-likeness (QED) is 0.849. The van der Waals surface area contributed by atoms with Crippen LogP contribution in [0.4, 0.5) is 5.82 Å². The zero-order valence-electron chi connectivity index (χ0n) is 10.8. The molecule has 1 aliphatic rings. The van der Waals surface area contributed by atoms with Crippen LogP contribution in [0.2, 0.25) is 0 Å². The van der Waals surface area contributed by atoms with Gasteiger partial charge in [-0.25, -0.2) is 4.98 Å². The number of nitrogens with zero attached hydrogens (tertiary/aromatic N) is 2. The first kappa shape index (κ1) is 12.4. The van der Waals surface area contributed by atoms with Gasteiger partial charge in [0.05, 0.1) is 6.61 Å². The number of aryl methyl sites for hydroxylation is 1. The highest BCUT2D eigenvalue weighted by Gasteiger charge is 2.19. The Morgan fingerprint density at radius 1 is 1.41 bits per heavy atom. The molecule has 1 aromatic heterocycles. The first-order chi connectivity index (χ1) is 8.22. The molecule has 94 valence electrons. The van der Waals surface area contributed by atoms with Crippen LogP contribution >= 0.6 is 0 Å². The monoisotopic (exact) mass is 234 g/mol. The first-order valence-electron chi connectivity index (χ1n) is 6.54. The Morgan fingerprint density at radius 3 is 2.71 bits per heavy atom. The number of aliphatic hydroxyl groups is 1. The van der Waals surface area contributed by atoms with Gasteiger partial charge in [0.25, 0.3) is 0 Å². The lowest BCUT2D eigenvalue weighted by molar-refractivity contribution is 0.281. The molecule has 0 aliphatic heterocycles. The number of aromatic nitrogens is 1. The molecule has 3 nitrogen and oxygen atoms in total. The molecule has 0 amide bonds. The van der Waals surface area contributed by atoms with Crippen molar-refractivity contribution >= 4 is 5.82 Å². The van der Waals surface area contributed by atoms with Gasteiger partial charge >= 0.3 is 0 Å². The van der Waals surface area contributed by atoms with Crippen LogP contribution in [0.15, 0.2) is 12.1 Å². The van der Waals surface area contributed by atoms with Crippen LogP contribution in [0, 0.1) is 5.92 Å². The molecule has 1 aromatic rings. The van der Waals surface area contributed by atoms with E-state index in [1.165, 1.54) is 19.3 Å². The molecule has 0 unspecified atom stereocenters. The minimum absolute atomic E-state index is 0.0970. The fourth-order valence-electron chi connectivity index (χ4n) is 2.26. The largest absolute Gasteiger partial charge is 0.392 e. The summed E-state index contributed by atoms with van der Waals surface area (Å²) in [4.78, 5) is 6.85. The molecular weight excluding hydrogens is 212 g/mol. The zero-order chi connectivity index (χ0) is 12.3. The summed E-state index contributed by atoms with van der Waals surface area (Å²) in [6.45, 7) is 3.28. The minimum Gasteiger partial charge on any atom is -0.392 e. The Kier molecular flexibility index (Phi) is 4.00. The summed E-state index contributed by atoms with van der Waals surface area (Å²) in [7, 11) is 2.10. The number of anilines is 1. The summed E-state index contributed by atoms with van der Waals surface area (Å²) < 4.78 is 0. The summed E-state index contributed by atoms with van der Waals surface area (Å²) in [6, 6.07) is 3.98. The lowest BCUT2D eigenvalue weighted by atomic mass is 9.85. The number of aliphatic hydroxyl groups excluding tert-OH is 1. The standard InChI is InChI=1S/C14H22N2O/c1-3-13-7-12(10-17)8-14(15-13)16(2)9-11-5-4-6-11/h7-8,11,17H,3-6,9-10H2,1-2H3. The molecule has 0 radical (unpaired) electrons. The van der Waals surface area contributed by atoms with Gasteiger partial charge in [-0.3, -0.25) is 0 Å². The van der Waals surface area contributed by atoms with E-state index in [1.807, 2.05) is 12.1 Å². The summed E-state index contributed by atoms with van der Waals surface area (Å²) in [5, 5.41) is 9.26. The van der Waals surface area contributed by atoms with Gasteiger partial charge in [0.15, 0.2) is 0 Å². The molecule has 0 spiro atoms. The second-order valence-electron chi connectivity index (χ2n) is 5.01. The zero-order valence-corrected chi connectivity index (χ0v) is 10.8. The van der Waals surface area contributed by atoms with Gasteiger partial charge in [-0.1, -0.05) is 13.3 Å². The van der Waals surface area contributed by atoms with E-state index in [2.05, 4.69) is 23.9 Å². The van der Waals surface area contributed by atoms with Gasteiger partial charge in [-0.05, 0) is 42.9 Å². The van der Waals surface area contributed by atoms with Crippen LogP contribution in [-0.4, -0.2) is 23.7 Å². The molecule has 1 fully saturated rings. The summed E-state index contributed by atoms with van der Waals surface area (Å²) >= 11 is 0. The summed E-state index contributed by atoms with van der Waals surface area (Å²) in [5.74, 6) is 1.84. The Labute approximate surface area is 103 Å². The lowest BCUT2D eigenvalue weighted by Crippen LogP contribution is -2.30. The Balaban J connectivity index is 2.11. The molecule has 0 saturated heterocycles. The third kappa shape index (κ3) is 2.97. The highest BCUT2D eigenvalue weighted by Crippen LogP contribution is 2.28. The van der Waals surface area contributed by atoms with Crippen molar-refractivity contribution in [2.75, 3.05) is 18.5 Å². The third-order valence-electron chi connectivity index (χ3n) is 3.62. The van der Waals surface area contributed by atoms with E-state index in [0.29, 0.717) is 0 Å². The Morgan fingerprint density at radius 2 is 2.18 bits per heavy atom. The first-order valence-corrected chi connectivity index (χ1v) is 6.54. The van der Waals surface area contributed by atoms with Gasteiger partial charge in [0.2, 0.25) is 0 Å². The van der Waals surface area contributed by atoms with Crippen LogP contribution in [0.5, 0.6) is 0 Å². The molecule has 0 bridgehead atoms. The van der Waals surface area contributed by atoms with Gasteiger partial charge < -0.3 is 10.0 Å². The SMILES string of the molecule is CCc1cc(CO)cc(N(C)CC2CCC2)n1. The van der Waals surface area contributed by atoms with Crippen molar-refractivity contribution in [3.63, 3.8) is 0 Å². The predicted molar refractivity (Wildman–Crippen MR) is 70.1 cm³/mol. The fraction of sp³-hybridized carbons (Fsp3) is 0.643. The van der Waals surface area contributed by atoms with Crippen LogP contribution in [0.25, 0.3) is 0 Å². The summed E-state index contributed by atoms with van der Waals surface area (Å²) in [6.07, 6.45) is 5.00. The molecule has 2 rings (SSSR count). The maximum atomic E-state index is 9.26. The van der Waals surface area contributed by atoms with Crippen LogP contribution in [0.1, 0.15) is 37.4 Å². The van der Waals surface area contributed by atoms with E-state index >= 15 is 0 Å². The molecule has 3 heteroatoms. The van der Waals surface area contributed by atoms with Crippen molar-refractivity contribution in [2.45, 2.75) is 39.2 Å². The fourth-order valence-corrected chi connectivity index (χ4v) is 2.26. The van der Waals surface area contributed by atoms with Crippen molar-refractivity contribution in [3.8, 4) is 0 Å². The van der Waals surface area contributed by atoms with Crippen LogP contribution in [-0.2, 0) is 13.0 Å². The van der Waals surface area contributed by atoms with Crippen molar-refractivity contribution < 1.29 is 5.11 Å². The average Bonchev–Trinajstić information content (AvgIpc) is 2.32. The van der Waals surface area contributed by atoms with Gasteiger partial charge in [0.1, 0.15) is 5.82 Å². The van der Waals surface area contributed by atoms with E-state index in [0.717, 1.165) is 36.0 Å². The van der Waals surface area contributed by atoms with E-state index in [-0.39, 0.29) is 6.61 Å². The molecule has 0 atom stereocenters. The molecule has 1 saturated carbocycles. The predicted octanol–water partition coefficient (Wildman–Crippen LogP) is 2.37. The minimum atomic E-state index is 0.0970. The highest BCUT2D eigenvalue weighted by atomic mass is 16.3. The molecule has 1 aliphatic carbocycles. The van der Waals surface area contributed by atoms with Crippen molar-refractivity contribution in [3.05, 3.63) is 23.4 Å². The lowest BCUT2D eigenvalue weighted by Gasteiger charge is -2.31. The molecule has 0 aromatic carbocycles. The number of hydrogen-bond donors (Lipinski definition) is 1. The molecule has 17 heavy (non-hydrogen) atoms. The van der Waals surface area contributed by atoms with E-state index in [1.54, 1.807) is 0 Å². The normalized spacial score (nSPS) is 15.7. The second-order valence-corrected chi connectivity index (χ2v) is 5.01. The van der Waals surface area contributed by atoms with Crippen LogP contribution < -0.4 is 4.90 Å². The van der Waals surface area contributed by atoms with Crippen molar-refractivity contribution in [1.82, 2.24) is 4.98 Å². The van der Waals surface area contributed by atoms with Crippen molar-refractivity contribution in [2.24, 2.45) is 5.92 Å². The maximum absolute atomic E-state index is 9.26. The Hall–Kier alpha value is -1.09. The molecule has 1 N–H and O–H groups in total. The maximum Gasteiger partial charge on any atom is 0.128 e. The molecular formula is C14H22N2O. The number of pyridine rings is 1. The average molecular weight is 234 g/mol. The Bertz CT molecular complexity index is 352. The van der Waals surface area contributed by atoms with Gasteiger partial charge in [0, 0.05) is 19.3 Å². The summed E-state index contributed by atoms with van der Waals surface area (Å²) in [5.41, 5.74) is 2.03. The second kappa shape index (κ2) is 5.50. The topological polar surface area (TPSA) is 36.4 Å². The van der Waals surface area contributed by atoms with Gasteiger partial charge in [-0.15, -0.1) is 0 Å². The third-order valence-corrected chi connectivity index (χ3v) is 3.62. The van der Waals surface area contributed by atoms with Gasteiger partial charge in [-0.2, -0.15) is 0 Å². The van der Waals surface area contributed by atoms with E-state index < -0.39 is 0 Å². The highest BCUT2D eigenvalue weighted by molar-refractivity contribution is 5.42. The van der Waals surface area contributed by atoms with Crippen LogP contribution in [0.3, 0.4) is 0 Å². The molecule has 1 heterocycles.